The average Bonchev–Trinajstić information content (AvgIpc) is 2.56. The molecule has 0 unspecified atom stereocenters. The van der Waals surface area contributed by atoms with Crippen LogP contribution < -0.4 is 5.32 Å². The summed E-state index contributed by atoms with van der Waals surface area (Å²) in [5, 5.41) is 2.27. The van der Waals surface area contributed by atoms with Gasteiger partial charge in [-0.25, -0.2) is 4.39 Å². The number of amides is 1. The van der Waals surface area contributed by atoms with Gasteiger partial charge in [0, 0.05) is 5.69 Å². The SMILES string of the molecule is C[C@@H](OC(=O)Cc1ccc(F)cc1)C(=O)Nc1cccc(C(F)(F)F)c1. The molecule has 0 aliphatic heterocycles. The Morgan fingerprint density at radius 1 is 1.12 bits per heavy atom. The highest BCUT2D eigenvalue weighted by Gasteiger charge is 2.30. The van der Waals surface area contributed by atoms with Gasteiger partial charge < -0.3 is 10.1 Å². The number of esters is 1. The second kappa shape index (κ2) is 7.99. The summed E-state index contributed by atoms with van der Waals surface area (Å²) in [5.74, 6) is -1.93. The highest BCUT2D eigenvalue weighted by Crippen LogP contribution is 2.30. The van der Waals surface area contributed by atoms with Gasteiger partial charge in [-0.2, -0.15) is 13.2 Å². The third-order valence-corrected chi connectivity index (χ3v) is 3.40. The van der Waals surface area contributed by atoms with E-state index < -0.39 is 35.5 Å². The van der Waals surface area contributed by atoms with E-state index in [1.54, 1.807) is 0 Å². The Hall–Kier alpha value is -2.90. The summed E-state index contributed by atoms with van der Waals surface area (Å²) in [4.78, 5) is 23.8. The second-order valence-electron chi connectivity index (χ2n) is 5.50. The van der Waals surface area contributed by atoms with Gasteiger partial charge in [0.1, 0.15) is 5.82 Å². The van der Waals surface area contributed by atoms with Crippen LogP contribution in [0.1, 0.15) is 18.1 Å². The summed E-state index contributed by atoms with van der Waals surface area (Å²) in [6.07, 6.45) is -5.91. The van der Waals surface area contributed by atoms with Gasteiger partial charge in [0.15, 0.2) is 6.10 Å². The zero-order chi connectivity index (χ0) is 19.3. The van der Waals surface area contributed by atoms with Crippen LogP contribution >= 0.6 is 0 Å². The van der Waals surface area contributed by atoms with E-state index in [4.69, 9.17) is 4.74 Å². The molecule has 0 fully saturated rings. The lowest BCUT2D eigenvalue weighted by Gasteiger charge is -2.14. The molecule has 1 atom stereocenters. The van der Waals surface area contributed by atoms with Crippen LogP contribution in [0.25, 0.3) is 0 Å². The van der Waals surface area contributed by atoms with Crippen molar-refractivity contribution in [2.75, 3.05) is 5.32 Å². The molecule has 0 heterocycles. The lowest BCUT2D eigenvalue weighted by Crippen LogP contribution is -2.30. The Morgan fingerprint density at radius 3 is 2.38 bits per heavy atom. The van der Waals surface area contributed by atoms with Gasteiger partial charge in [-0.3, -0.25) is 9.59 Å². The number of alkyl halides is 3. The van der Waals surface area contributed by atoms with Gasteiger partial charge in [0.25, 0.3) is 5.91 Å². The van der Waals surface area contributed by atoms with E-state index in [-0.39, 0.29) is 12.1 Å². The van der Waals surface area contributed by atoms with Gasteiger partial charge in [0.05, 0.1) is 12.0 Å². The topological polar surface area (TPSA) is 55.4 Å². The number of rotatable bonds is 5. The average molecular weight is 369 g/mol. The third kappa shape index (κ3) is 5.58. The van der Waals surface area contributed by atoms with Crippen LogP contribution in [0.15, 0.2) is 48.5 Å². The number of ether oxygens (including phenoxy) is 1. The van der Waals surface area contributed by atoms with Crippen molar-refractivity contribution in [3.05, 3.63) is 65.5 Å². The first-order valence-corrected chi connectivity index (χ1v) is 7.57. The van der Waals surface area contributed by atoms with E-state index in [9.17, 15) is 27.2 Å². The molecule has 0 aliphatic carbocycles. The van der Waals surface area contributed by atoms with E-state index in [2.05, 4.69) is 5.32 Å². The third-order valence-electron chi connectivity index (χ3n) is 3.40. The second-order valence-corrected chi connectivity index (χ2v) is 5.50. The number of hydrogen-bond donors (Lipinski definition) is 1. The molecule has 0 radical (unpaired) electrons. The first kappa shape index (κ1) is 19.4. The smallest absolute Gasteiger partial charge is 0.416 e. The molecule has 8 heteroatoms. The molecule has 0 bridgehead atoms. The van der Waals surface area contributed by atoms with Gasteiger partial charge in [-0.1, -0.05) is 18.2 Å². The van der Waals surface area contributed by atoms with Crippen LogP contribution in [0.4, 0.5) is 23.2 Å². The quantitative estimate of drug-likeness (QED) is 0.641. The zero-order valence-corrected chi connectivity index (χ0v) is 13.6. The zero-order valence-electron chi connectivity index (χ0n) is 13.6. The van der Waals surface area contributed by atoms with Gasteiger partial charge >= 0.3 is 12.1 Å². The van der Waals surface area contributed by atoms with Crippen molar-refractivity contribution in [1.29, 1.82) is 0 Å². The normalized spacial score (nSPS) is 12.3. The van der Waals surface area contributed by atoms with Crippen molar-refractivity contribution < 1.29 is 31.9 Å². The van der Waals surface area contributed by atoms with E-state index in [0.717, 1.165) is 18.2 Å². The highest BCUT2D eigenvalue weighted by atomic mass is 19.4. The molecule has 0 aromatic heterocycles. The molecular formula is C18H15F4NO3. The van der Waals surface area contributed by atoms with Crippen molar-refractivity contribution >= 4 is 17.6 Å². The Kier molecular flexibility index (Phi) is 5.97. The van der Waals surface area contributed by atoms with E-state index in [1.807, 2.05) is 0 Å². The fourth-order valence-corrected chi connectivity index (χ4v) is 2.08. The molecule has 2 aromatic rings. The number of hydrogen-bond acceptors (Lipinski definition) is 3. The van der Waals surface area contributed by atoms with Crippen LogP contribution in [0.5, 0.6) is 0 Å². The largest absolute Gasteiger partial charge is 0.452 e. The summed E-state index contributed by atoms with van der Waals surface area (Å²) in [5.41, 5.74) is -0.468. The number of benzene rings is 2. The summed E-state index contributed by atoms with van der Waals surface area (Å²) in [6, 6.07) is 9.29. The highest BCUT2D eigenvalue weighted by molar-refractivity contribution is 5.95. The van der Waals surface area contributed by atoms with Crippen molar-refractivity contribution in [2.24, 2.45) is 0 Å². The van der Waals surface area contributed by atoms with Gasteiger partial charge in [-0.05, 0) is 42.8 Å². The van der Waals surface area contributed by atoms with Crippen molar-refractivity contribution in [3.8, 4) is 0 Å². The minimum Gasteiger partial charge on any atom is -0.452 e. The van der Waals surface area contributed by atoms with Crippen LogP contribution in [0.2, 0.25) is 0 Å². The fourth-order valence-electron chi connectivity index (χ4n) is 2.08. The minimum atomic E-state index is -4.53. The Morgan fingerprint density at radius 2 is 1.77 bits per heavy atom. The molecule has 2 aromatic carbocycles. The molecular weight excluding hydrogens is 354 g/mol. The Labute approximate surface area is 146 Å². The molecule has 26 heavy (non-hydrogen) atoms. The molecule has 1 N–H and O–H groups in total. The van der Waals surface area contributed by atoms with Crippen LogP contribution in [-0.2, 0) is 26.9 Å². The molecule has 0 spiro atoms. The van der Waals surface area contributed by atoms with Crippen LogP contribution in [0, 0.1) is 5.82 Å². The lowest BCUT2D eigenvalue weighted by atomic mass is 10.1. The number of anilines is 1. The number of halogens is 4. The van der Waals surface area contributed by atoms with Crippen LogP contribution in [0.3, 0.4) is 0 Å². The lowest BCUT2D eigenvalue weighted by molar-refractivity contribution is -0.152. The Balaban J connectivity index is 1.93. The summed E-state index contributed by atoms with van der Waals surface area (Å²) >= 11 is 0. The number of nitrogens with one attached hydrogen (secondary N) is 1. The summed E-state index contributed by atoms with van der Waals surface area (Å²) in [7, 11) is 0. The minimum absolute atomic E-state index is 0.0636. The molecule has 2 rings (SSSR count). The van der Waals surface area contributed by atoms with Gasteiger partial charge in [-0.15, -0.1) is 0 Å². The molecule has 4 nitrogen and oxygen atoms in total. The molecule has 0 saturated heterocycles. The Bertz CT molecular complexity index is 788. The maximum Gasteiger partial charge on any atom is 0.416 e. The monoisotopic (exact) mass is 369 g/mol. The first-order chi connectivity index (χ1) is 12.1. The standard InChI is InChI=1S/C18H15F4NO3/c1-11(26-16(24)9-12-5-7-14(19)8-6-12)17(25)23-15-4-2-3-13(10-15)18(20,21)22/h2-8,10-11H,9H2,1H3,(H,23,25)/t11-/m1/s1. The first-order valence-electron chi connectivity index (χ1n) is 7.57. The molecule has 138 valence electrons. The van der Waals surface area contributed by atoms with Crippen molar-refractivity contribution in [3.63, 3.8) is 0 Å². The molecule has 1 amide bonds. The molecule has 0 saturated carbocycles. The summed E-state index contributed by atoms with van der Waals surface area (Å²) < 4.78 is 55.7. The maximum absolute atomic E-state index is 12.8. The van der Waals surface area contributed by atoms with E-state index >= 15 is 0 Å². The predicted octanol–water partition coefficient (Wildman–Crippen LogP) is 3.96. The fraction of sp³-hybridized carbons (Fsp3) is 0.222. The van der Waals surface area contributed by atoms with Gasteiger partial charge in [0.2, 0.25) is 0 Å². The molecule has 0 aliphatic rings. The number of carbonyl (C=O) groups is 2. The van der Waals surface area contributed by atoms with Crippen LogP contribution in [-0.4, -0.2) is 18.0 Å². The maximum atomic E-state index is 12.8. The van der Waals surface area contributed by atoms with E-state index in [0.29, 0.717) is 5.56 Å². The van der Waals surface area contributed by atoms with E-state index in [1.165, 1.54) is 37.3 Å². The van der Waals surface area contributed by atoms with Crippen molar-refractivity contribution in [2.45, 2.75) is 25.6 Å². The van der Waals surface area contributed by atoms with Crippen molar-refractivity contribution in [1.82, 2.24) is 0 Å². The number of carbonyl (C=O) groups excluding carboxylic acids is 2. The predicted molar refractivity (Wildman–Crippen MR) is 85.7 cm³/mol. The summed E-state index contributed by atoms with van der Waals surface area (Å²) in [6.45, 7) is 1.30.